The van der Waals surface area contributed by atoms with Crippen LogP contribution in [0.1, 0.15) is 129 Å². The van der Waals surface area contributed by atoms with Gasteiger partial charge in [0.15, 0.2) is 0 Å². The second kappa shape index (κ2) is 21.3. The van der Waals surface area contributed by atoms with Crippen LogP contribution < -0.4 is 21.0 Å². The van der Waals surface area contributed by atoms with E-state index in [4.69, 9.17) is 14.7 Å². The zero-order valence-corrected chi connectivity index (χ0v) is 46.9. The maximum Gasteiger partial charge on any atom is 0.324 e. The van der Waals surface area contributed by atoms with Crippen LogP contribution in [0, 0.1) is 22.7 Å². The molecule has 4 aromatic rings. The van der Waals surface area contributed by atoms with Crippen LogP contribution in [-0.4, -0.2) is 160 Å². The summed E-state index contributed by atoms with van der Waals surface area (Å²) in [5.41, 5.74) is 11.4. The number of likely N-dealkylation sites (tertiary alicyclic amines) is 2. The van der Waals surface area contributed by atoms with Gasteiger partial charge in [-0.1, -0.05) is 55.0 Å². The van der Waals surface area contributed by atoms with Crippen LogP contribution in [-0.2, 0) is 43.3 Å². The fourth-order valence-corrected chi connectivity index (χ4v) is 14.7. The number of esters is 1. The van der Waals surface area contributed by atoms with E-state index in [1.807, 2.05) is 0 Å². The number of carbonyl (C=O) groups is 4. The molecule has 5 saturated heterocycles. The topological polar surface area (TPSA) is 170 Å². The Morgan fingerprint density at radius 1 is 0.948 bits per heavy atom. The quantitative estimate of drug-likeness (QED) is 0.102. The van der Waals surface area contributed by atoms with E-state index in [-0.39, 0.29) is 67.4 Å². The third-order valence-electron chi connectivity index (χ3n) is 18.3. The first-order valence-electron chi connectivity index (χ1n) is 29.0. The summed E-state index contributed by atoms with van der Waals surface area (Å²) in [7, 11) is 0. The zero-order valence-electron chi connectivity index (χ0n) is 46.0. The molecule has 7 fully saturated rings. The van der Waals surface area contributed by atoms with Gasteiger partial charge in [-0.25, -0.2) is 10.4 Å². The van der Waals surface area contributed by atoms with E-state index in [0.717, 1.165) is 128 Å². The van der Waals surface area contributed by atoms with Crippen LogP contribution in [0.4, 0.5) is 5.69 Å². The maximum absolute atomic E-state index is 14.9. The lowest BCUT2D eigenvalue weighted by molar-refractivity contribution is -0.155. The number of thiazole rings is 1. The van der Waals surface area contributed by atoms with Crippen molar-refractivity contribution in [1.82, 2.24) is 50.3 Å². The van der Waals surface area contributed by atoms with Gasteiger partial charge in [-0.2, -0.15) is 0 Å². The van der Waals surface area contributed by atoms with Crippen LogP contribution >= 0.6 is 11.3 Å². The Morgan fingerprint density at radius 3 is 2.45 bits per heavy atom. The van der Waals surface area contributed by atoms with E-state index in [0.29, 0.717) is 37.8 Å². The highest BCUT2D eigenvalue weighted by atomic mass is 32.1. The zero-order chi connectivity index (χ0) is 52.8. The van der Waals surface area contributed by atoms with Gasteiger partial charge in [-0.15, -0.1) is 11.3 Å². The van der Waals surface area contributed by atoms with Crippen LogP contribution in [0.2, 0.25) is 0 Å². The van der Waals surface area contributed by atoms with E-state index in [1.165, 1.54) is 47.6 Å². The highest BCUT2D eigenvalue weighted by Gasteiger charge is 2.55. The fourth-order valence-electron chi connectivity index (χ4n) is 13.8. The van der Waals surface area contributed by atoms with E-state index in [9.17, 15) is 19.2 Å². The van der Waals surface area contributed by atoms with Crippen molar-refractivity contribution in [2.24, 2.45) is 22.7 Å². The molecule has 8 aliphatic rings. The molecule has 1 spiro atoms. The number of hydrazine groups is 1. The molecule has 6 atom stereocenters. The van der Waals surface area contributed by atoms with Crippen molar-refractivity contribution in [2.75, 3.05) is 70.4 Å². The lowest BCUT2D eigenvalue weighted by atomic mass is 9.84. The van der Waals surface area contributed by atoms with Crippen molar-refractivity contribution >= 4 is 51.6 Å². The Hall–Kier alpha value is -4.94. The number of rotatable bonds is 11. The van der Waals surface area contributed by atoms with Crippen molar-refractivity contribution in [3.05, 3.63) is 52.1 Å². The number of amides is 3. The van der Waals surface area contributed by atoms with Gasteiger partial charge in [0.1, 0.15) is 18.1 Å². The minimum atomic E-state index is -0.939. The van der Waals surface area contributed by atoms with Gasteiger partial charge in [0, 0.05) is 116 Å². The predicted molar refractivity (Wildman–Crippen MR) is 303 cm³/mol. The maximum atomic E-state index is 14.9. The minimum Gasteiger partial charge on any atom is -0.464 e. The summed E-state index contributed by atoms with van der Waals surface area (Å²) in [5, 5.41) is 12.2. The second-order valence-electron chi connectivity index (χ2n) is 25.4. The average molecular weight is 1070 g/mol. The smallest absolute Gasteiger partial charge is 0.324 e. The predicted octanol–water partition coefficient (Wildman–Crippen LogP) is 7.24. The van der Waals surface area contributed by atoms with Gasteiger partial charge in [0.25, 0.3) is 5.91 Å². The standard InChI is InChI=1S/C59H81N11O5S.CH4/c1-8-69-47-16-13-38-26-41(47)43(53(69)42-27-40(30-60-49(42)35(2)3)66-24-22-65(23-25-66)39-14-15-39)29-58(6,7)34-75-57(74)44-10-9-19-70(64-44)55(72)45(28-48-61-46(38)31-76-48)62-54(71)52(36(4)5)67-20-17-59(32-67)18-21-68(33-59)56(73)51-50(63-51)37-11-12-37;/h13,16,26-27,30-31,35-37,39,44-45,50-52,63-64H,8-12,14-15,17-25,28-29,32-34H2,1-7H3,(H,62,71);1H4/t44-,45-,50+,51+,52-,59-;/m0./s1. The summed E-state index contributed by atoms with van der Waals surface area (Å²) in [6.45, 7) is 23.6. The molecule has 6 aliphatic heterocycles. The largest absolute Gasteiger partial charge is 0.464 e. The number of aromatic nitrogens is 3. The van der Waals surface area contributed by atoms with Crippen LogP contribution in [0.25, 0.3) is 33.4 Å². The molecule has 3 N–H and O–H groups in total. The molecule has 3 aromatic heterocycles. The SMILES string of the molecule is C.CCn1c(-c2cc(N3CCN(C4CC4)CC3)cnc2C(C)C)c2c3cc(ccc31)-c1csc(n1)C[C@H](NC(=O)[C@H](C(C)C)N1CC[C@]3(CCN(C(=O)[C@@H]4N[C@@H]4C4CC4)C3)C1)C(=O)N1CCC[C@H](N1)C(=O)OCC(C)(C)C2. The average Bonchev–Trinajstić information content (AvgIpc) is 4.41. The monoisotopic (exact) mass is 1070 g/mol. The van der Waals surface area contributed by atoms with Crippen molar-refractivity contribution in [3.8, 4) is 22.5 Å². The number of hydrogen-bond donors (Lipinski definition) is 3. The number of nitrogens with zero attached hydrogens (tertiary/aromatic N) is 8. The highest BCUT2D eigenvalue weighted by molar-refractivity contribution is 7.10. The van der Waals surface area contributed by atoms with E-state index < -0.39 is 23.5 Å². The van der Waals surface area contributed by atoms with Gasteiger partial charge < -0.3 is 24.4 Å². The normalized spacial score (nSPS) is 27.6. The number of piperazine rings is 1. The van der Waals surface area contributed by atoms with Crippen molar-refractivity contribution in [1.29, 1.82) is 0 Å². The summed E-state index contributed by atoms with van der Waals surface area (Å²) < 4.78 is 8.74. The summed E-state index contributed by atoms with van der Waals surface area (Å²) in [6, 6.07) is 8.01. The molecule has 17 heteroatoms. The molecule has 77 heavy (non-hydrogen) atoms. The number of ether oxygens (including phenoxy) is 1. The lowest BCUT2D eigenvalue weighted by Gasteiger charge is -2.37. The Labute approximate surface area is 460 Å². The van der Waals surface area contributed by atoms with Crippen molar-refractivity contribution < 1.29 is 23.9 Å². The Kier molecular flexibility index (Phi) is 14.9. The van der Waals surface area contributed by atoms with Crippen molar-refractivity contribution in [3.63, 3.8) is 0 Å². The van der Waals surface area contributed by atoms with E-state index in [2.05, 4.69) is 125 Å². The first-order valence-corrected chi connectivity index (χ1v) is 29.9. The number of nitrogens with one attached hydrogen (secondary N) is 3. The summed E-state index contributed by atoms with van der Waals surface area (Å²) >= 11 is 1.50. The number of benzene rings is 1. The number of fused-ring (bicyclic) bond motifs is 6. The number of anilines is 1. The molecule has 2 saturated carbocycles. The molecule has 16 nitrogen and oxygen atoms in total. The van der Waals surface area contributed by atoms with Gasteiger partial charge >= 0.3 is 5.97 Å². The number of aryl methyl sites for hydroxylation is 1. The lowest BCUT2D eigenvalue weighted by Crippen LogP contribution is -2.62. The van der Waals surface area contributed by atoms with Gasteiger partial charge in [0.05, 0.1) is 46.6 Å². The highest BCUT2D eigenvalue weighted by Crippen LogP contribution is 2.46. The number of hydrogen-bond acceptors (Lipinski definition) is 13. The minimum absolute atomic E-state index is 0. The first kappa shape index (κ1) is 54.0. The summed E-state index contributed by atoms with van der Waals surface area (Å²) in [4.78, 5) is 77.5. The second-order valence-corrected chi connectivity index (χ2v) is 26.4. The molecule has 1 aromatic carbocycles. The molecular formula is C60H85N11O5S. The first-order chi connectivity index (χ1) is 36.6. The Balaban J connectivity index is 0.00000631. The van der Waals surface area contributed by atoms with Crippen molar-refractivity contribution in [2.45, 2.75) is 169 Å². The molecule has 0 unspecified atom stereocenters. The summed E-state index contributed by atoms with van der Waals surface area (Å²) in [5.74, 6) is 0.174. The molecule has 6 bridgehead atoms. The fraction of sp³-hybridized carbons (Fsp3) is 0.667. The third kappa shape index (κ3) is 10.8. The van der Waals surface area contributed by atoms with Gasteiger partial charge in [-0.05, 0) is 113 Å². The molecule has 12 rings (SSSR count). The van der Waals surface area contributed by atoms with E-state index in [1.54, 1.807) is 0 Å². The van der Waals surface area contributed by atoms with E-state index >= 15 is 0 Å². The molecule has 9 heterocycles. The van der Waals surface area contributed by atoms with Crippen LogP contribution in [0.5, 0.6) is 0 Å². The third-order valence-corrected chi connectivity index (χ3v) is 19.2. The van der Waals surface area contributed by atoms with Gasteiger partial charge in [0.2, 0.25) is 11.8 Å². The van der Waals surface area contributed by atoms with Gasteiger partial charge in [-0.3, -0.25) is 44.3 Å². The Bertz CT molecular complexity index is 2880. The number of carbonyl (C=O) groups excluding carboxylic acids is 4. The molecule has 3 amide bonds. The number of pyridine rings is 1. The Morgan fingerprint density at radius 2 is 1.73 bits per heavy atom. The van der Waals surface area contributed by atoms with Crippen LogP contribution in [0.15, 0.2) is 35.8 Å². The molecule has 0 radical (unpaired) electrons. The molecular weight excluding hydrogens is 987 g/mol. The molecule has 2 aliphatic carbocycles. The molecule has 416 valence electrons. The summed E-state index contributed by atoms with van der Waals surface area (Å²) in [6.07, 6.45) is 11.0. The van der Waals surface area contributed by atoms with Crippen LogP contribution in [0.3, 0.4) is 0 Å². The number of cyclic esters (lactones) is 1.